The van der Waals surface area contributed by atoms with Gasteiger partial charge in [0.15, 0.2) is 17.4 Å². The Hall–Kier alpha value is -0.158. The predicted octanol–water partition coefficient (Wildman–Crippen LogP) is -13.4. The smallest absolute Gasteiger partial charge is 0.394 e. The fraction of sp³-hybridized carbons (Fsp3) is 0. The Morgan fingerprint density at radius 1 is 0.400 bits per heavy atom. The molecule has 0 radical (unpaired) electrons. The molecule has 20 heavy (non-hydrogen) atoms. The first-order valence-corrected chi connectivity index (χ1v) is 2.10. The van der Waals surface area contributed by atoms with Crippen molar-refractivity contribution in [3.05, 3.63) is 0 Å². The van der Waals surface area contributed by atoms with E-state index in [2.05, 4.69) is 0 Å². The van der Waals surface area contributed by atoms with E-state index in [1.54, 1.807) is 0 Å². The normalized spacial score (nSPS) is 2.90. The van der Waals surface area contributed by atoms with Crippen LogP contribution < -0.4 is 0 Å². The van der Waals surface area contributed by atoms with Crippen LogP contribution in [0.5, 0.6) is 0 Å². The summed E-state index contributed by atoms with van der Waals surface area (Å²) in [5.74, 6) is 0. The Morgan fingerprint density at radius 3 is 0.400 bits per heavy atom. The molecule has 0 bridgehead atoms. The van der Waals surface area contributed by atoms with Gasteiger partial charge in [0.2, 0.25) is 0 Å². The van der Waals surface area contributed by atoms with E-state index in [9.17, 15) is 0 Å². The first-order valence-electron chi connectivity index (χ1n) is 0.698. The van der Waals surface area contributed by atoms with Crippen LogP contribution >= 0.6 is 0 Å². The number of hydrogen-bond donors (Lipinski definition) is 2. The highest BCUT2D eigenvalue weighted by Crippen LogP contribution is 1.59. The van der Waals surface area contributed by atoms with Crippen LogP contribution in [0.15, 0.2) is 0 Å². The fourth-order valence-corrected chi connectivity index (χ4v) is 0. The van der Waals surface area contributed by atoms with Gasteiger partial charge < -0.3 is 76.7 Å². The molecule has 0 unspecified atom stereocenters. The second-order valence-corrected chi connectivity index (χ2v) is 1.34. The highest BCUT2D eigenvalue weighted by Gasteiger charge is 1.84. The summed E-state index contributed by atoms with van der Waals surface area (Å²) in [5, 5.41) is 0. The monoisotopic (exact) mass is 380 g/mol. The Kier molecular flexibility index (Phi) is 4190. The third-order valence-corrected chi connectivity index (χ3v) is 0. The molecule has 0 saturated carbocycles. The third kappa shape index (κ3) is 204000. The Balaban J connectivity index is -0.000000000762. The van der Waals surface area contributed by atoms with E-state index in [4.69, 9.17) is 17.5 Å². The van der Waals surface area contributed by atoms with Crippen molar-refractivity contribution in [3.8, 4) is 0 Å². The van der Waals surface area contributed by atoms with E-state index in [0.29, 0.717) is 0 Å². The van der Waals surface area contributed by atoms with E-state index in [-0.39, 0.29) is 94.0 Å². The van der Waals surface area contributed by atoms with Crippen molar-refractivity contribution in [1.82, 2.24) is 0 Å². The summed E-state index contributed by atoms with van der Waals surface area (Å²) in [6.07, 6.45) is 0. The predicted molar refractivity (Wildman–Crippen MR) is 74.7 cm³/mol. The fourth-order valence-electron chi connectivity index (χ4n) is 0. The molecule has 150 valence electrons. The highest BCUT2D eigenvalue weighted by atomic mass is 32.3. The molecular weight excluding hydrogens is 347 g/mol. The summed E-state index contributed by atoms with van der Waals surface area (Å²) in [4.78, 5) is 0. The van der Waals surface area contributed by atoms with Gasteiger partial charge in [0.25, 0.3) is 0 Å². The lowest BCUT2D eigenvalue weighted by atomic mass is 15.8. The lowest BCUT2D eigenvalue weighted by molar-refractivity contribution is 0.381. The van der Waals surface area contributed by atoms with Gasteiger partial charge in [-0.15, -0.1) is 0 Å². The van der Waals surface area contributed by atoms with Crippen LogP contribution in [0.3, 0.4) is 0 Å². The van der Waals surface area contributed by atoms with Crippen LogP contribution in [0.1, 0.15) is 0 Å². The van der Waals surface area contributed by atoms with E-state index in [1.165, 1.54) is 0 Å². The third-order valence-electron chi connectivity index (χ3n) is 0. The maximum Gasteiger partial charge on any atom is 0.394 e. The molecule has 0 rings (SSSR count). The molecule has 0 fully saturated rings. The van der Waals surface area contributed by atoms with E-state index in [0.717, 1.165) is 0 Å². The number of hydrogen-bond acceptors (Lipinski definition) is 2. The van der Waals surface area contributed by atoms with Crippen LogP contribution in [0.2, 0.25) is 0 Å². The van der Waals surface area contributed by atoms with Gasteiger partial charge in [0, 0.05) is 0 Å². The molecule has 0 amide bonds. The van der Waals surface area contributed by atoms with Crippen molar-refractivity contribution in [1.29, 1.82) is 0 Å². The molecule has 0 heterocycles. The average Bonchev–Trinajstić information content (AvgIpc) is 0.722. The van der Waals surface area contributed by atoms with Gasteiger partial charge in [-0.2, -0.15) is 8.42 Å². The Labute approximate surface area is 123 Å². The number of rotatable bonds is 0. The molecule has 0 aromatic rings. The summed E-state index contributed by atoms with van der Waals surface area (Å²) in [5.41, 5.74) is 0. The van der Waals surface area contributed by atoms with Gasteiger partial charge in [-0.25, -0.2) is 0 Å². The van der Waals surface area contributed by atoms with Gasteiger partial charge in [-0.1, -0.05) is 0 Å². The van der Waals surface area contributed by atoms with E-state index < -0.39 is 10.4 Å². The molecule has 0 aromatic carbocycles. The summed E-state index contributed by atoms with van der Waals surface area (Å²) < 4.78 is 31.6. The van der Waals surface area contributed by atoms with Gasteiger partial charge in [-0.3, -0.25) is 9.11 Å². The van der Waals surface area contributed by atoms with Crippen LogP contribution in [0.25, 0.3) is 0 Å². The van der Waals surface area contributed by atoms with Crippen molar-refractivity contribution < 1.29 is 94.2 Å². The minimum Gasteiger partial charge on any atom is -0.412 e. The second kappa shape index (κ2) is 176. The SMILES string of the molecule is O.O.O.O.O.O.O.O.O.O.O.O.O.O.O=S(=O)(O)O.[AlH3]. The standard InChI is InChI=1S/Al.H2O4S.14H2O.3H/c;1-5(2,3)4;;;;;;;;;;;;;;;;;/h;(H2,1,2,3,4);14*1H2;;;. The zero-order valence-electron chi connectivity index (χ0n) is 9.12. The molecule has 0 aliphatic heterocycles. The summed E-state index contributed by atoms with van der Waals surface area (Å²) >= 11 is 0. The zero-order chi connectivity index (χ0) is 4.50. The molecule has 0 spiro atoms. The van der Waals surface area contributed by atoms with Crippen molar-refractivity contribution in [2.45, 2.75) is 0 Å². The molecule has 20 heteroatoms. The van der Waals surface area contributed by atoms with E-state index >= 15 is 0 Å². The van der Waals surface area contributed by atoms with Crippen LogP contribution in [-0.2, 0) is 10.4 Å². The minimum atomic E-state index is -4.67. The van der Waals surface area contributed by atoms with Gasteiger partial charge in [-0.05, 0) is 0 Å². The maximum absolute atomic E-state index is 8.74. The average molecular weight is 380 g/mol. The maximum atomic E-state index is 8.74. The molecule has 18 nitrogen and oxygen atoms in total. The van der Waals surface area contributed by atoms with Crippen LogP contribution in [0, 0.1) is 0 Å². The zero-order valence-corrected chi connectivity index (χ0v) is 9.94. The topological polar surface area (TPSA) is 516 Å². The van der Waals surface area contributed by atoms with Gasteiger partial charge in [0.1, 0.15) is 0 Å². The lowest BCUT2D eigenvalue weighted by Gasteiger charge is -1.68. The lowest BCUT2D eigenvalue weighted by Crippen LogP contribution is -1.89. The summed E-state index contributed by atoms with van der Waals surface area (Å²) in [7, 11) is -4.67. The molecule has 30 N–H and O–H groups in total. The summed E-state index contributed by atoms with van der Waals surface area (Å²) in [6, 6.07) is 0. The molecule has 0 atom stereocenters. The Bertz CT molecular complexity index is 94.6. The van der Waals surface area contributed by atoms with Gasteiger partial charge in [0.05, 0.1) is 0 Å². The minimum absolute atomic E-state index is 0. The van der Waals surface area contributed by atoms with Crippen LogP contribution in [-0.4, -0.2) is 112 Å². The van der Waals surface area contributed by atoms with Crippen LogP contribution in [0.4, 0.5) is 0 Å². The van der Waals surface area contributed by atoms with Crippen molar-refractivity contribution >= 4 is 27.8 Å². The largest absolute Gasteiger partial charge is 0.412 e. The molecule has 0 aromatic heterocycles. The van der Waals surface area contributed by atoms with Crippen molar-refractivity contribution in [3.63, 3.8) is 0 Å². The molecule has 0 saturated heterocycles. The van der Waals surface area contributed by atoms with Gasteiger partial charge >= 0.3 is 10.4 Å². The van der Waals surface area contributed by atoms with E-state index in [1.807, 2.05) is 0 Å². The summed E-state index contributed by atoms with van der Waals surface area (Å²) in [6.45, 7) is 0. The van der Waals surface area contributed by atoms with Crippen molar-refractivity contribution in [2.24, 2.45) is 0 Å². The Morgan fingerprint density at radius 2 is 0.400 bits per heavy atom. The first-order chi connectivity index (χ1) is 2.00. The molecule has 0 aliphatic carbocycles. The molecule has 0 aliphatic rings. The second-order valence-electron chi connectivity index (χ2n) is 0.448. The quantitative estimate of drug-likeness (QED) is 0.305. The highest BCUT2D eigenvalue weighted by molar-refractivity contribution is 7.79. The first kappa shape index (κ1) is 477. The molecular formula is H33AlO18S. The van der Waals surface area contributed by atoms with Crippen molar-refractivity contribution in [2.75, 3.05) is 0 Å².